The number of hydrogen-bond donors (Lipinski definition) is 3. The first-order valence-electron chi connectivity index (χ1n) is 11.5. The van der Waals surface area contributed by atoms with E-state index in [1.54, 1.807) is 30.6 Å². The maximum absolute atomic E-state index is 14.5. The summed E-state index contributed by atoms with van der Waals surface area (Å²) in [4.78, 5) is 31.7. The molecular weight excluding hydrogens is 455 g/mol. The van der Waals surface area contributed by atoms with Crippen LogP contribution in [0.15, 0.2) is 36.8 Å². The zero-order valence-corrected chi connectivity index (χ0v) is 19.5. The van der Waals surface area contributed by atoms with E-state index >= 15 is 0 Å². The largest absolute Gasteiger partial charge is 0.487 e. The second-order valence-electron chi connectivity index (χ2n) is 9.45. The fourth-order valence-corrected chi connectivity index (χ4v) is 4.25. The zero-order valence-electron chi connectivity index (χ0n) is 19.5. The lowest BCUT2D eigenvalue weighted by Crippen LogP contribution is -2.42. The average Bonchev–Trinajstić information content (AvgIpc) is 3.54. The van der Waals surface area contributed by atoms with Crippen LogP contribution >= 0.6 is 0 Å². The molecule has 2 aliphatic rings. The molecule has 0 spiro atoms. The van der Waals surface area contributed by atoms with Crippen molar-refractivity contribution in [3.05, 3.63) is 53.5 Å². The summed E-state index contributed by atoms with van der Waals surface area (Å²) in [7, 11) is 0. The van der Waals surface area contributed by atoms with Crippen LogP contribution in [0.2, 0.25) is 0 Å². The number of hydrogen-bond acceptors (Lipinski definition) is 7. The molecule has 1 saturated heterocycles. The topological polar surface area (TPSA) is 121 Å². The number of nitrogens with one attached hydrogen (secondary N) is 2. The van der Waals surface area contributed by atoms with E-state index in [2.05, 4.69) is 20.7 Å². The molecule has 0 bridgehead atoms. The molecule has 1 aromatic carbocycles. The molecule has 1 fully saturated rings. The average molecular weight is 483 g/mol. The maximum Gasteiger partial charge on any atom is 0.261 e. The van der Waals surface area contributed by atoms with E-state index in [4.69, 9.17) is 4.74 Å². The highest BCUT2D eigenvalue weighted by atomic mass is 19.1. The predicted octanol–water partition coefficient (Wildman–Crippen LogP) is 1.79. The van der Waals surface area contributed by atoms with Gasteiger partial charge in [0, 0.05) is 31.0 Å². The van der Waals surface area contributed by atoms with E-state index in [1.165, 1.54) is 29.5 Å². The number of nitrogens with zero attached hydrogens (tertiary/aromatic N) is 4. The van der Waals surface area contributed by atoms with Crippen molar-refractivity contribution in [2.75, 3.05) is 25.0 Å². The Bertz CT molecular complexity index is 1280. The number of rotatable bonds is 7. The molecule has 2 amide bonds. The SMILES string of the molecule is CC(C)(O)C(F)CN1Cc2cc(NC(=O)c3cnn4cccnc34)c(O[C@@H]3CCNC3)cc2C1=O. The minimum atomic E-state index is -1.61. The summed E-state index contributed by atoms with van der Waals surface area (Å²) in [5.41, 5.74) is 0.580. The second-order valence-corrected chi connectivity index (χ2v) is 9.45. The minimum absolute atomic E-state index is 0.111. The Kier molecular flexibility index (Phi) is 5.89. The number of ether oxygens (including phenoxy) is 1. The van der Waals surface area contributed by atoms with Gasteiger partial charge in [-0.3, -0.25) is 9.59 Å². The molecule has 2 atom stereocenters. The van der Waals surface area contributed by atoms with E-state index < -0.39 is 17.7 Å². The molecule has 3 N–H and O–H groups in total. The van der Waals surface area contributed by atoms with Crippen LogP contribution in [0.3, 0.4) is 0 Å². The van der Waals surface area contributed by atoms with E-state index in [-0.39, 0.29) is 25.1 Å². The predicted molar refractivity (Wildman–Crippen MR) is 125 cm³/mol. The van der Waals surface area contributed by atoms with Gasteiger partial charge in [0.25, 0.3) is 11.8 Å². The summed E-state index contributed by atoms with van der Waals surface area (Å²) in [6.45, 7) is 4.13. The third kappa shape index (κ3) is 4.56. The highest BCUT2D eigenvalue weighted by Crippen LogP contribution is 2.35. The maximum atomic E-state index is 14.5. The number of anilines is 1. The number of amides is 2. The van der Waals surface area contributed by atoms with Crippen LogP contribution in [-0.4, -0.2) is 73.9 Å². The van der Waals surface area contributed by atoms with Crippen LogP contribution < -0.4 is 15.4 Å². The Morgan fingerprint density at radius 3 is 3.00 bits per heavy atom. The van der Waals surface area contributed by atoms with Crippen LogP contribution in [-0.2, 0) is 6.54 Å². The Morgan fingerprint density at radius 1 is 1.43 bits per heavy atom. The summed E-state index contributed by atoms with van der Waals surface area (Å²) in [5, 5.41) is 20.2. The Hall–Kier alpha value is -3.57. The van der Waals surface area contributed by atoms with E-state index in [1.807, 2.05) is 0 Å². The third-order valence-corrected chi connectivity index (χ3v) is 6.31. The van der Waals surface area contributed by atoms with E-state index in [0.29, 0.717) is 40.3 Å². The third-order valence-electron chi connectivity index (χ3n) is 6.31. The van der Waals surface area contributed by atoms with Gasteiger partial charge in [-0.05, 0) is 50.6 Å². The molecule has 184 valence electrons. The molecular formula is C24H27FN6O4. The summed E-state index contributed by atoms with van der Waals surface area (Å²) < 4.78 is 22.2. The summed E-state index contributed by atoms with van der Waals surface area (Å²) in [6.07, 6.45) is 3.79. The van der Waals surface area contributed by atoms with Gasteiger partial charge >= 0.3 is 0 Å². The van der Waals surface area contributed by atoms with Crippen molar-refractivity contribution >= 4 is 23.1 Å². The first-order chi connectivity index (χ1) is 16.7. The Labute approximate surface area is 201 Å². The standard InChI is InChI=1S/C24H27FN6O4/c1-24(2,34)20(25)13-30-12-14-8-18(19(9-16(14)23(30)33)35-15-4-6-26-10-15)29-22(32)17-11-28-31-7-3-5-27-21(17)31/h3,5,7-9,11,15,20,26,34H,4,6,10,12-13H2,1-2H3,(H,29,32)/t15-,20?/m1/s1. The fraction of sp³-hybridized carbons (Fsp3) is 0.417. The normalized spacial score (nSPS) is 18.7. The van der Waals surface area contributed by atoms with E-state index in [9.17, 15) is 19.1 Å². The number of alkyl halides is 1. The van der Waals surface area contributed by atoms with Gasteiger partial charge in [0.2, 0.25) is 0 Å². The van der Waals surface area contributed by atoms with Crippen LogP contribution in [0.25, 0.3) is 5.65 Å². The van der Waals surface area contributed by atoms with Gasteiger partial charge in [-0.25, -0.2) is 13.9 Å². The Balaban J connectivity index is 1.45. The molecule has 4 heterocycles. The lowest BCUT2D eigenvalue weighted by Gasteiger charge is -2.26. The van der Waals surface area contributed by atoms with Gasteiger partial charge in [-0.2, -0.15) is 5.10 Å². The fourth-order valence-electron chi connectivity index (χ4n) is 4.25. The van der Waals surface area contributed by atoms with Crippen molar-refractivity contribution in [2.24, 2.45) is 0 Å². The van der Waals surface area contributed by atoms with Crippen LogP contribution in [0, 0.1) is 0 Å². The number of carbonyl (C=O) groups is 2. The van der Waals surface area contributed by atoms with E-state index in [0.717, 1.165) is 13.0 Å². The molecule has 35 heavy (non-hydrogen) atoms. The van der Waals surface area contributed by atoms with Crippen LogP contribution in [0.1, 0.15) is 46.5 Å². The smallest absolute Gasteiger partial charge is 0.261 e. The van der Waals surface area contributed by atoms with Crippen molar-refractivity contribution in [1.82, 2.24) is 24.8 Å². The second kappa shape index (κ2) is 8.90. The lowest BCUT2D eigenvalue weighted by atomic mass is 10.0. The van der Waals surface area contributed by atoms with Crippen molar-refractivity contribution in [3.63, 3.8) is 0 Å². The monoisotopic (exact) mass is 482 g/mol. The molecule has 5 rings (SSSR count). The number of benzene rings is 1. The van der Waals surface area contributed by atoms with Gasteiger partial charge in [0.05, 0.1) is 24.0 Å². The zero-order chi connectivity index (χ0) is 24.7. The van der Waals surface area contributed by atoms with Crippen molar-refractivity contribution in [2.45, 2.75) is 44.7 Å². The van der Waals surface area contributed by atoms with Gasteiger partial charge in [-0.15, -0.1) is 0 Å². The van der Waals surface area contributed by atoms with Gasteiger partial charge in [0.1, 0.15) is 23.6 Å². The van der Waals surface area contributed by atoms with Gasteiger partial charge in [0.15, 0.2) is 5.65 Å². The first kappa shape index (κ1) is 23.2. The Morgan fingerprint density at radius 2 is 2.26 bits per heavy atom. The molecule has 2 aliphatic heterocycles. The highest BCUT2D eigenvalue weighted by molar-refractivity contribution is 6.09. The highest BCUT2D eigenvalue weighted by Gasteiger charge is 2.35. The number of carbonyl (C=O) groups excluding carboxylic acids is 2. The summed E-state index contributed by atoms with van der Waals surface area (Å²) in [6, 6.07) is 5.02. The number of aliphatic hydroxyl groups is 1. The number of fused-ring (bicyclic) bond motifs is 2. The summed E-state index contributed by atoms with van der Waals surface area (Å²) >= 11 is 0. The minimum Gasteiger partial charge on any atom is -0.487 e. The molecule has 0 saturated carbocycles. The van der Waals surface area contributed by atoms with Crippen molar-refractivity contribution in [1.29, 1.82) is 0 Å². The van der Waals surface area contributed by atoms with Crippen molar-refractivity contribution in [3.8, 4) is 5.75 Å². The van der Waals surface area contributed by atoms with Crippen LogP contribution in [0.4, 0.5) is 10.1 Å². The first-order valence-corrected chi connectivity index (χ1v) is 11.5. The molecule has 10 nitrogen and oxygen atoms in total. The molecule has 2 aromatic heterocycles. The van der Waals surface area contributed by atoms with Crippen LogP contribution in [0.5, 0.6) is 5.75 Å². The molecule has 0 aliphatic carbocycles. The number of aromatic nitrogens is 3. The lowest BCUT2D eigenvalue weighted by molar-refractivity contribution is -0.0159. The quantitative estimate of drug-likeness (QED) is 0.469. The summed E-state index contributed by atoms with van der Waals surface area (Å²) in [5.74, 6) is -0.393. The van der Waals surface area contributed by atoms with Gasteiger partial charge < -0.3 is 25.4 Å². The van der Waals surface area contributed by atoms with Gasteiger partial charge in [-0.1, -0.05) is 0 Å². The molecule has 0 radical (unpaired) electrons. The van der Waals surface area contributed by atoms with Crippen molar-refractivity contribution < 1.29 is 23.8 Å². The molecule has 1 unspecified atom stereocenters. The number of halogens is 1. The molecule has 11 heteroatoms. The molecule has 3 aromatic rings.